The van der Waals surface area contributed by atoms with Crippen LogP contribution in [0.2, 0.25) is 0 Å². The summed E-state index contributed by atoms with van der Waals surface area (Å²) in [6, 6.07) is 12.7. The van der Waals surface area contributed by atoms with Gasteiger partial charge in [0.15, 0.2) is 4.80 Å². The molecule has 0 amide bonds. The van der Waals surface area contributed by atoms with Crippen molar-refractivity contribution in [1.82, 2.24) is 4.57 Å². The zero-order valence-electron chi connectivity index (χ0n) is 19.6. The second kappa shape index (κ2) is 9.71. The lowest BCUT2D eigenvalue weighted by atomic mass is 9.95. The first-order chi connectivity index (χ1) is 16.7. The van der Waals surface area contributed by atoms with Gasteiger partial charge in [0.05, 0.1) is 40.6 Å². The smallest absolute Gasteiger partial charge is 0.338 e. The summed E-state index contributed by atoms with van der Waals surface area (Å²) < 4.78 is 12.8. The molecule has 0 fully saturated rings. The van der Waals surface area contributed by atoms with Crippen molar-refractivity contribution in [3.63, 3.8) is 0 Å². The zero-order valence-corrected chi connectivity index (χ0v) is 20.5. The topological polar surface area (TPSA) is 107 Å². The largest absolute Gasteiger partial charge is 0.497 e. The van der Waals surface area contributed by atoms with Crippen LogP contribution in [0.4, 0.5) is 0 Å². The van der Waals surface area contributed by atoms with E-state index >= 15 is 0 Å². The van der Waals surface area contributed by atoms with Crippen molar-refractivity contribution < 1.29 is 24.2 Å². The lowest BCUT2D eigenvalue weighted by molar-refractivity contribution is -0.143. The van der Waals surface area contributed by atoms with Crippen molar-refractivity contribution in [2.75, 3.05) is 7.11 Å². The summed E-state index contributed by atoms with van der Waals surface area (Å²) in [6.45, 7) is 5.25. The number of aromatic carboxylic acids is 1. The standard InChI is InChI=1S/C26H24N2O6S/c1-14(2)34-25(32)21-15(3)27-26-28(22(21)18-6-5-7-19(13-18)33-4)23(29)20(35-26)12-16-8-10-17(11-9-16)24(30)31/h5-14,22H,1-4H3,(H,30,31)/b20-12+/t22-/m0/s1. The van der Waals surface area contributed by atoms with Gasteiger partial charge >= 0.3 is 11.9 Å². The molecule has 180 valence electrons. The summed E-state index contributed by atoms with van der Waals surface area (Å²) in [5.74, 6) is -0.965. The Morgan fingerprint density at radius 1 is 1.17 bits per heavy atom. The second-order valence-corrected chi connectivity index (χ2v) is 9.25. The number of carboxylic acids is 1. The van der Waals surface area contributed by atoms with E-state index in [1.54, 1.807) is 64.3 Å². The Kier molecular flexibility index (Phi) is 6.70. The summed E-state index contributed by atoms with van der Waals surface area (Å²) in [7, 11) is 1.55. The van der Waals surface area contributed by atoms with Crippen LogP contribution >= 0.6 is 11.3 Å². The molecule has 0 aliphatic carbocycles. The number of carbonyl (C=O) groups excluding carboxylic acids is 1. The number of fused-ring (bicyclic) bond motifs is 1. The van der Waals surface area contributed by atoms with E-state index < -0.39 is 18.0 Å². The molecule has 0 unspecified atom stereocenters. The monoisotopic (exact) mass is 492 g/mol. The maximum absolute atomic E-state index is 13.6. The minimum atomic E-state index is -1.02. The fourth-order valence-electron chi connectivity index (χ4n) is 3.86. The molecule has 0 saturated carbocycles. The quantitative estimate of drug-likeness (QED) is 0.531. The molecule has 35 heavy (non-hydrogen) atoms. The highest BCUT2D eigenvalue weighted by molar-refractivity contribution is 7.07. The van der Waals surface area contributed by atoms with E-state index in [1.165, 1.54) is 28.0 Å². The number of hydrogen-bond donors (Lipinski definition) is 1. The molecule has 8 nitrogen and oxygen atoms in total. The molecule has 1 aliphatic heterocycles. The molecular weight excluding hydrogens is 468 g/mol. The molecule has 1 aromatic heterocycles. The minimum absolute atomic E-state index is 0.158. The molecule has 0 bridgehead atoms. The van der Waals surface area contributed by atoms with Crippen LogP contribution in [0.5, 0.6) is 5.75 Å². The van der Waals surface area contributed by atoms with Crippen LogP contribution in [-0.2, 0) is 9.53 Å². The molecule has 0 spiro atoms. The van der Waals surface area contributed by atoms with Crippen molar-refractivity contribution in [2.24, 2.45) is 4.99 Å². The summed E-state index contributed by atoms with van der Waals surface area (Å²) >= 11 is 1.20. The fraction of sp³-hybridized carbons (Fsp3) is 0.231. The number of rotatable bonds is 6. The maximum atomic E-state index is 13.6. The molecule has 2 aromatic carbocycles. The Morgan fingerprint density at radius 2 is 1.89 bits per heavy atom. The highest BCUT2D eigenvalue weighted by Crippen LogP contribution is 2.32. The Labute approximate surface area is 205 Å². The average Bonchev–Trinajstić information content (AvgIpc) is 3.12. The third-order valence-electron chi connectivity index (χ3n) is 5.45. The number of aromatic nitrogens is 1. The van der Waals surface area contributed by atoms with Crippen LogP contribution in [0.1, 0.15) is 48.3 Å². The van der Waals surface area contributed by atoms with E-state index in [2.05, 4.69) is 4.99 Å². The Bertz CT molecular complexity index is 1510. The number of allylic oxidation sites excluding steroid dienone is 1. The molecule has 0 saturated heterocycles. The lowest BCUT2D eigenvalue weighted by Crippen LogP contribution is -2.40. The number of carbonyl (C=O) groups is 2. The van der Waals surface area contributed by atoms with Gasteiger partial charge in [0, 0.05) is 0 Å². The molecule has 0 radical (unpaired) electrons. The van der Waals surface area contributed by atoms with Gasteiger partial charge in [-0.1, -0.05) is 35.6 Å². The van der Waals surface area contributed by atoms with Gasteiger partial charge in [-0.15, -0.1) is 0 Å². The normalized spacial score (nSPS) is 15.6. The summed E-state index contributed by atoms with van der Waals surface area (Å²) in [6.07, 6.45) is 1.34. The first-order valence-corrected chi connectivity index (χ1v) is 11.7. The van der Waals surface area contributed by atoms with Crippen LogP contribution in [0, 0.1) is 0 Å². The van der Waals surface area contributed by atoms with Crippen molar-refractivity contribution in [2.45, 2.75) is 32.9 Å². The Balaban J connectivity index is 1.91. The fourth-order valence-corrected chi connectivity index (χ4v) is 4.91. The van der Waals surface area contributed by atoms with Gasteiger partial charge < -0.3 is 14.6 Å². The molecule has 1 N–H and O–H groups in total. The van der Waals surface area contributed by atoms with Crippen molar-refractivity contribution >= 4 is 29.4 Å². The molecule has 9 heteroatoms. The maximum Gasteiger partial charge on any atom is 0.338 e. The predicted molar refractivity (Wildman–Crippen MR) is 131 cm³/mol. The summed E-state index contributed by atoms with van der Waals surface area (Å²) in [5.41, 5.74) is 1.97. The van der Waals surface area contributed by atoms with Crippen LogP contribution in [-0.4, -0.2) is 34.8 Å². The third kappa shape index (κ3) is 4.81. The van der Waals surface area contributed by atoms with E-state index in [-0.39, 0.29) is 22.8 Å². The number of ether oxygens (including phenoxy) is 2. The molecular formula is C26H24N2O6S. The molecule has 1 atom stereocenters. The number of hydrogen-bond acceptors (Lipinski definition) is 7. The van der Waals surface area contributed by atoms with Gasteiger partial charge in [-0.2, -0.15) is 0 Å². The third-order valence-corrected chi connectivity index (χ3v) is 6.43. The number of esters is 1. The van der Waals surface area contributed by atoms with E-state index in [9.17, 15) is 14.4 Å². The van der Waals surface area contributed by atoms with Gasteiger partial charge in [-0.25, -0.2) is 14.6 Å². The average molecular weight is 493 g/mol. The number of benzene rings is 2. The minimum Gasteiger partial charge on any atom is -0.497 e. The van der Waals surface area contributed by atoms with Crippen molar-refractivity contribution in [1.29, 1.82) is 0 Å². The van der Waals surface area contributed by atoms with E-state index in [4.69, 9.17) is 14.6 Å². The number of nitrogens with zero attached hydrogens (tertiary/aromatic N) is 2. The van der Waals surface area contributed by atoms with Crippen LogP contribution in [0.25, 0.3) is 6.08 Å². The highest BCUT2D eigenvalue weighted by Gasteiger charge is 2.34. The van der Waals surface area contributed by atoms with E-state index in [0.29, 0.717) is 31.9 Å². The van der Waals surface area contributed by atoms with Gasteiger partial charge in [-0.05, 0) is 62.2 Å². The summed E-state index contributed by atoms with van der Waals surface area (Å²) in [5, 5.41) is 9.12. The van der Waals surface area contributed by atoms with Crippen LogP contribution in [0.3, 0.4) is 0 Å². The van der Waals surface area contributed by atoms with E-state index in [1.807, 2.05) is 6.07 Å². The summed E-state index contributed by atoms with van der Waals surface area (Å²) in [4.78, 5) is 42.9. The number of carboxylic acid groups (broad SMARTS) is 1. The van der Waals surface area contributed by atoms with Gasteiger partial charge in [0.2, 0.25) is 0 Å². The molecule has 1 aliphatic rings. The molecule has 4 rings (SSSR count). The van der Waals surface area contributed by atoms with Crippen molar-refractivity contribution in [3.8, 4) is 5.75 Å². The number of thiazole rings is 1. The van der Waals surface area contributed by atoms with Crippen LogP contribution < -0.4 is 19.6 Å². The first kappa shape index (κ1) is 24.2. The van der Waals surface area contributed by atoms with Gasteiger partial charge in [0.1, 0.15) is 5.75 Å². The Morgan fingerprint density at radius 3 is 2.51 bits per heavy atom. The second-order valence-electron chi connectivity index (χ2n) is 8.24. The Hall–Kier alpha value is -3.98. The van der Waals surface area contributed by atoms with E-state index in [0.717, 1.165) is 0 Å². The lowest BCUT2D eigenvalue weighted by Gasteiger charge is -2.25. The zero-order chi connectivity index (χ0) is 25.3. The number of methoxy groups -OCH3 is 1. The molecule has 3 aromatic rings. The first-order valence-electron chi connectivity index (χ1n) is 10.9. The predicted octanol–water partition coefficient (Wildman–Crippen LogP) is 2.89. The van der Waals surface area contributed by atoms with Gasteiger partial charge in [-0.3, -0.25) is 9.36 Å². The van der Waals surface area contributed by atoms with Crippen molar-refractivity contribution in [3.05, 3.63) is 96.2 Å². The molecule has 2 heterocycles. The van der Waals surface area contributed by atoms with Crippen LogP contribution in [0.15, 0.2) is 69.6 Å². The highest BCUT2D eigenvalue weighted by atomic mass is 32.1. The SMILES string of the molecule is COc1cccc([C@H]2C(C(=O)OC(C)C)=C(C)N=c3s/c(=C/c4ccc(C(=O)O)cc4)c(=O)n32)c1. The van der Waals surface area contributed by atoms with Gasteiger partial charge in [0.25, 0.3) is 5.56 Å².